The van der Waals surface area contributed by atoms with Gasteiger partial charge in [-0.2, -0.15) is 5.10 Å². The van der Waals surface area contributed by atoms with E-state index in [4.69, 9.17) is 0 Å². The number of hydrogen-bond donors (Lipinski definition) is 1. The van der Waals surface area contributed by atoms with Gasteiger partial charge in [-0.1, -0.05) is 44.7 Å². The minimum Gasteiger partial charge on any atom is -0.273 e. The van der Waals surface area contributed by atoms with Crippen molar-refractivity contribution in [3.8, 4) is 0 Å². The lowest BCUT2D eigenvalue weighted by Crippen LogP contribution is -2.18. The molecular formula is C13H20N2O. The summed E-state index contributed by atoms with van der Waals surface area (Å²) in [6, 6.07) is 0. The minimum absolute atomic E-state index is 0.0749. The van der Waals surface area contributed by atoms with E-state index in [0.29, 0.717) is 6.42 Å². The van der Waals surface area contributed by atoms with E-state index in [1.807, 2.05) is 32.1 Å². The predicted molar refractivity (Wildman–Crippen MR) is 69.3 cm³/mol. The second-order valence-corrected chi connectivity index (χ2v) is 3.14. The Bertz CT molecular complexity index is 325. The van der Waals surface area contributed by atoms with Crippen LogP contribution < -0.4 is 5.43 Å². The molecule has 0 aromatic rings. The molecule has 0 unspecified atom stereocenters. The SMILES string of the molecule is C=C\C=C/C(=C\C)C(/CC)=N\NC(=O)CC. The van der Waals surface area contributed by atoms with Gasteiger partial charge in [-0.3, -0.25) is 4.79 Å². The Morgan fingerprint density at radius 1 is 1.38 bits per heavy atom. The summed E-state index contributed by atoms with van der Waals surface area (Å²) >= 11 is 0. The fourth-order valence-electron chi connectivity index (χ4n) is 1.09. The van der Waals surface area contributed by atoms with Gasteiger partial charge in [0.15, 0.2) is 0 Å². The van der Waals surface area contributed by atoms with Gasteiger partial charge in [-0.05, 0) is 18.9 Å². The quantitative estimate of drug-likeness (QED) is 0.417. The van der Waals surface area contributed by atoms with Crippen molar-refractivity contribution < 1.29 is 4.79 Å². The molecule has 0 aromatic carbocycles. The molecule has 0 saturated carbocycles. The van der Waals surface area contributed by atoms with Gasteiger partial charge in [0.25, 0.3) is 0 Å². The number of rotatable bonds is 6. The highest BCUT2D eigenvalue weighted by molar-refractivity contribution is 6.02. The summed E-state index contributed by atoms with van der Waals surface area (Å²) in [7, 11) is 0. The van der Waals surface area contributed by atoms with Gasteiger partial charge >= 0.3 is 0 Å². The summed E-state index contributed by atoms with van der Waals surface area (Å²) in [6.07, 6.45) is 8.65. The Morgan fingerprint density at radius 2 is 2.06 bits per heavy atom. The molecule has 0 aliphatic heterocycles. The molecule has 0 fully saturated rings. The van der Waals surface area contributed by atoms with Crippen LogP contribution in [0.4, 0.5) is 0 Å². The van der Waals surface area contributed by atoms with Crippen LogP contribution in [0.3, 0.4) is 0 Å². The Morgan fingerprint density at radius 3 is 2.50 bits per heavy atom. The number of nitrogens with zero attached hydrogens (tertiary/aromatic N) is 1. The van der Waals surface area contributed by atoms with Gasteiger partial charge < -0.3 is 0 Å². The maximum Gasteiger partial charge on any atom is 0.239 e. The molecule has 0 radical (unpaired) electrons. The molecule has 0 aliphatic carbocycles. The monoisotopic (exact) mass is 220 g/mol. The molecule has 0 saturated heterocycles. The number of allylic oxidation sites excluding steroid dienone is 5. The summed E-state index contributed by atoms with van der Waals surface area (Å²) < 4.78 is 0. The van der Waals surface area contributed by atoms with E-state index in [0.717, 1.165) is 17.7 Å². The lowest BCUT2D eigenvalue weighted by molar-refractivity contribution is -0.120. The van der Waals surface area contributed by atoms with Crippen LogP contribution in [0.25, 0.3) is 0 Å². The van der Waals surface area contributed by atoms with E-state index in [9.17, 15) is 4.79 Å². The zero-order valence-electron chi connectivity index (χ0n) is 10.3. The smallest absolute Gasteiger partial charge is 0.239 e. The van der Waals surface area contributed by atoms with Crippen molar-refractivity contribution in [1.29, 1.82) is 0 Å². The first-order valence-corrected chi connectivity index (χ1v) is 5.50. The molecule has 0 heterocycles. The number of carbonyl (C=O) groups excluding carboxylic acids is 1. The van der Waals surface area contributed by atoms with E-state index in [2.05, 4.69) is 17.1 Å². The van der Waals surface area contributed by atoms with E-state index in [-0.39, 0.29) is 5.91 Å². The molecule has 3 heteroatoms. The molecule has 0 bridgehead atoms. The fraction of sp³-hybridized carbons (Fsp3) is 0.385. The number of hydrazone groups is 1. The zero-order valence-corrected chi connectivity index (χ0v) is 10.3. The molecule has 0 rings (SSSR count). The standard InChI is InChI=1S/C13H20N2O/c1-5-9-10-11(6-2)12(7-3)14-15-13(16)8-4/h5-6,9-10H,1,7-8H2,2-4H3,(H,15,16)/b10-9-,11-6+,14-12-. The van der Waals surface area contributed by atoms with Crippen molar-refractivity contribution in [2.75, 3.05) is 0 Å². The highest BCUT2D eigenvalue weighted by Crippen LogP contribution is 2.04. The third-order valence-electron chi connectivity index (χ3n) is 2.03. The highest BCUT2D eigenvalue weighted by Gasteiger charge is 2.01. The molecule has 0 aromatic heterocycles. The van der Waals surface area contributed by atoms with Crippen LogP contribution >= 0.6 is 0 Å². The number of amides is 1. The molecular weight excluding hydrogens is 200 g/mol. The molecule has 88 valence electrons. The molecule has 0 aliphatic rings. The molecule has 3 nitrogen and oxygen atoms in total. The lowest BCUT2D eigenvalue weighted by atomic mass is 10.1. The van der Waals surface area contributed by atoms with Gasteiger partial charge in [-0.25, -0.2) is 5.43 Å². The zero-order chi connectivity index (χ0) is 12.4. The Kier molecular flexibility index (Phi) is 7.76. The topological polar surface area (TPSA) is 41.5 Å². The summed E-state index contributed by atoms with van der Waals surface area (Å²) in [5.41, 5.74) is 4.39. The van der Waals surface area contributed by atoms with Crippen LogP contribution in [-0.4, -0.2) is 11.6 Å². The van der Waals surface area contributed by atoms with Crippen LogP contribution in [0.15, 0.2) is 41.6 Å². The molecule has 0 spiro atoms. The first kappa shape index (κ1) is 14.4. The molecule has 1 amide bonds. The normalized spacial score (nSPS) is 12.9. The number of hydrogen-bond acceptors (Lipinski definition) is 2. The van der Waals surface area contributed by atoms with Gasteiger partial charge in [0.1, 0.15) is 0 Å². The highest BCUT2D eigenvalue weighted by atomic mass is 16.2. The third kappa shape index (κ3) is 5.29. The lowest BCUT2D eigenvalue weighted by Gasteiger charge is -2.04. The predicted octanol–water partition coefficient (Wildman–Crippen LogP) is 2.97. The van der Waals surface area contributed by atoms with Crippen LogP contribution in [-0.2, 0) is 4.79 Å². The van der Waals surface area contributed by atoms with Crippen molar-refractivity contribution in [2.24, 2.45) is 5.10 Å². The maximum absolute atomic E-state index is 11.1. The molecule has 1 N–H and O–H groups in total. The summed E-state index contributed by atoms with van der Waals surface area (Å²) in [5.74, 6) is -0.0749. The van der Waals surface area contributed by atoms with E-state index < -0.39 is 0 Å². The van der Waals surface area contributed by atoms with Gasteiger partial charge in [0.2, 0.25) is 5.91 Å². The van der Waals surface area contributed by atoms with Crippen LogP contribution in [0.5, 0.6) is 0 Å². The number of nitrogens with one attached hydrogen (secondary N) is 1. The van der Waals surface area contributed by atoms with Crippen LogP contribution in [0, 0.1) is 0 Å². The van der Waals surface area contributed by atoms with Crippen LogP contribution in [0.2, 0.25) is 0 Å². The Labute approximate surface area is 97.6 Å². The van der Waals surface area contributed by atoms with Gasteiger partial charge in [0.05, 0.1) is 5.71 Å². The average molecular weight is 220 g/mol. The second kappa shape index (κ2) is 8.65. The largest absolute Gasteiger partial charge is 0.273 e. The van der Waals surface area contributed by atoms with Gasteiger partial charge in [-0.15, -0.1) is 0 Å². The third-order valence-corrected chi connectivity index (χ3v) is 2.03. The van der Waals surface area contributed by atoms with Crippen molar-refractivity contribution in [1.82, 2.24) is 5.43 Å². The average Bonchev–Trinajstić information content (AvgIpc) is 2.32. The summed E-state index contributed by atoms with van der Waals surface area (Å²) in [4.78, 5) is 11.1. The maximum atomic E-state index is 11.1. The molecule has 16 heavy (non-hydrogen) atoms. The van der Waals surface area contributed by atoms with E-state index >= 15 is 0 Å². The summed E-state index contributed by atoms with van der Waals surface area (Å²) in [6.45, 7) is 9.35. The Balaban J connectivity index is 4.74. The fourth-order valence-corrected chi connectivity index (χ4v) is 1.09. The van der Waals surface area contributed by atoms with Crippen LogP contribution in [0.1, 0.15) is 33.6 Å². The second-order valence-electron chi connectivity index (χ2n) is 3.14. The summed E-state index contributed by atoms with van der Waals surface area (Å²) in [5, 5.41) is 4.10. The van der Waals surface area contributed by atoms with Crippen molar-refractivity contribution >= 4 is 11.6 Å². The van der Waals surface area contributed by atoms with E-state index in [1.54, 1.807) is 13.0 Å². The number of carbonyl (C=O) groups is 1. The molecule has 0 atom stereocenters. The Hall–Kier alpha value is -1.64. The van der Waals surface area contributed by atoms with E-state index in [1.165, 1.54) is 0 Å². The van der Waals surface area contributed by atoms with Crippen molar-refractivity contribution in [2.45, 2.75) is 33.6 Å². The first-order valence-electron chi connectivity index (χ1n) is 5.50. The van der Waals surface area contributed by atoms with Gasteiger partial charge in [0, 0.05) is 6.42 Å². The van der Waals surface area contributed by atoms with Crippen molar-refractivity contribution in [3.63, 3.8) is 0 Å². The first-order chi connectivity index (χ1) is 7.69. The minimum atomic E-state index is -0.0749. The van der Waals surface area contributed by atoms with Crippen molar-refractivity contribution in [3.05, 3.63) is 36.5 Å².